The topological polar surface area (TPSA) is 75.3 Å². The highest BCUT2D eigenvalue weighted by Crippen LogP contribution is 2.06. The molecule has 0 amide bonds. The Balaban J connectivity index is 2.62. The van der Waals surface area contributed by atoms with Crippen LogP contribution in [0.25, 0.3) is 0 Å². The molecule has 0 spiro atoms. The fourth-order valence-corrected chi connectivity index (χ4v) is 0.957. The van der Waals surface area contributed by atoms with E-state index in [9.17, 15) is 4.79 Å². The Kier molecular flexibility index (Phi) is 3.28. The first-order valence-corrected chi connectivity index (χ1v) is 3.98. The standard InChI is InChI=1S/C9H12N2O2/c10-6-8(9(12)13)11-7-4-2-1-3-5-7/h1-5,8,11H,6,10H2,(H,12,13). The summed E-state index contributed by atoms with van der Waals surface area (Å²) >= 11 is 0. The summed E-state index contributed by atoms with van der Waals surface area (Å²) in [5.41, 5.74) is 6.04. The predicted molar refractivity (Wildman–Crippen MR) is 50.5 cm³/mol. The summed E-state index contributed by atoms with van der Waals surface area (Å²) in [5.74, 6) is -0.939. The van der Waals surface area contributed by atoms with Crippen LogP contribution in [0.5, 0.6) is 0 Å². The van der Waals surface area contributed by atoms with E-state index in [1.54, 1.807) is 12.1 Å². The van der Waals surface area contributed by atoms with Crippen LogP contribution in [0.15, 0.2) is 30.3 Å². The van der Waals surface area contributed by atoms with E-state index in [-0.39, 0.29) is 6.54 Å². The first-order chi connectivity index (χ1) is 6.24. The lowest BCUT2D eigenvalue weighted by Crippen LogP contribution is -2.36. The summed E-state index contributed by atoms with van der Waals surface area (Å²) in [6.07, 6.45) is 0. The van der Waals surface area contributed by atoms with Crippen molar-refractivity contribution >= 4 is 11.7 Å². The molecular formula is C9H12N2O2. The van der Waals surface area contributed by atoms with Crippen molar-refractivity contribution in [2.75, 3.05) is 11.9 Å². The number of para-hydroxylation sites is 1. The molecule has 13 heavy (non-hydrogen) atoms. The Morgan fingerprint density at radius 3 is 2.54 bits per heavy atom. The minimum atomic E-state index is -0.939. The zero-order valence-electron chi connectivity index (χ0n) is 7.10. The number of nitrogens with two attached hydrogens (primary N) is 1. The SMILES string of the molecule is NCC(Nc1ccccc1)C(=O)O. The van der Waals surface area contributed by atoms with Crippen molar-refractivity contribution in [1.82, 2.24) is 0 Å². The molecule has 4 N–H and O–H groups in total. The van der Waals surface area contributed by atoms with Crippen LogP contribution < -0.4 is 11.1 Å². The van der Waals surface area contributed by atoms with Gasteiger partial charge in [-0.25, -0.2) is 4.79 Å². The number of hydrogen-bond donors (Lipinski definition) is 3. The summed E-state index contributed by atoms with van der Waals surface area (Å²) in [6.45, 7) is 0.0736. The fraction of sp³-hybridized carbons (Fsp3) is 0.222. The van der Waals surface area contributed by atoms with Crippen molar-refractivity contribution < 1.29 is 9.90 Å². The van der Waals surface area contributed by atoms with Crippen molar-refractivity contribution in [2.24, 2.45) is 5.73 Å². The van der Waals surface area contributed by atoms with E-state index in [2.05, 4.69) is 5.32 Å². The molecule has 1 unspecified atom stereocenters. The molecule has 0 fully saturated rings. The van der Waals surface area contributed by atoms with Crippen molar-refractivity contribution in [3.63, 3.8) is 0 Å². The zero-order valence-corrected chi connectivity index (χ0v) is 7.10. The second kappa shape index (κ2) is 4.47. The Morgan fingerprint density at radius 1 is 1.46 bits per heavy atom. The number of hydrogen-bond acceptors (Lipinski definition) is 3. The van der Waals surface area contributed by atoms with E-state index in [1.807, 2.05) is 18.2 Å². The molecule has 4 heteroatoms. The lowest BCUT2D eigenvalue weighted by molar-refractivity contribution is -0.137. The van der Waals surface area contributed by atoms with E-state index in [0.29, 0.717) is 0 Å². The summed E-state index contributed by atoms with van der Waals surface area (Å²) in [7, 11) is 0. The third kappa shape index (κ3) is 2.76. The summed E-state index contributed by atoms with van der Waals surface area (Å²) < 4.78 is 0. The first kappa shape index (κ1) is 9.54. The molecule has 1 aromatic rings. The first-order valence-electron chi connectivity index (χ1n) is 3.98. The monoisotopic (exact) mass is 180 g/mol. The highest BCUT2D eigenvalue weighted by molar-refractivity contribution is 5.77. The number of nitrogens with one attached hydrogen (secondary N) is 1. The van der Waals surface area contributed by atoms with Crippen LogP contribution in [0.1, 0.15) is 0 Å². The second-order valence-electron chi connectivity index (χ2n) is 2.64. The van der Waals surface area contributed by atoms with Crippen molar-refractivity contribution in [1.29, 1.82) is 0 Å². The molecule has 0 bridgehead atoms. The fourth-order valence-electron chi connectivity index (χ4n) is 0.957. The molecule has 1 rings (SSSR count). The number of rotatable bonds is 4. The van der Waals surface area contributed by atoms with Gasteiger partial charge in [0.15, 0.2) is 0 Å². The maximum absolute atomic E-state index is 10.6. The van der Waals surface area contributed by atoms with E-state index in [1.165, 1.54) is 0 Å². The zero-order chi connectivity index (χ0) is 9.68. The lowest BCUT2D eigenvalue weighted by atomic mass is 10.2. The van der Waals surface area contributed by atoms with Gasteiger partial charge in [0, 0.05) is 12.2 Å². The molecule has 70 valence electrons. The molecule has 0 saturated carbocycles. The molecule has 0 radical (unpaired) electrons. The summed E-state index contributed by atoms with van der Waals surface area (Å²) in [6, 6.07) is 8.40. The summed E-state index contributed by atoms with van der Waals surface area (Å²) in [4.78, 5) is 10.6. The van der Waals surface area contributed by atoms with Crippen LogP contribution in [-0.2, 0) is 4.79 Å². The number of carboxylic acids is 1. The van der Waals surface area contributed by atoms with E-state index in [4.69, 9.17) is 10.8 Å². The Morgan fingerprint density at radius 2 is 2.08 bits per heavy atom. The van der Waals surface area contributed by atoms with Gasteiger partial charge < -0.3 is 16.2 Å². The quantitative estimate of drug-likeness (QED) is 0.631. The Hall–Kier alpha value is -1.55. The van der Waals surface area contributed by atoms with Crippen molar-refractivity contribution in [3.05, 3.63) is 30.3 Å². The molecule has 4 nitrogen and oxygen atoms in total. The smallest absolute Gasteiger partial charge is 0.327 e. The van der Waals surface area contributed by atoms with Crippen molar-refractivity contribution in [2.45, 2.75) is 6.04 Å². The highest BCUT2D eigenvalue weighted by atomic mass is 16.4. The molecule has 1 aromatic carbocycles. The van der Waals surface area contributed by atoms with Crippen LogP contribution in [0, 0.1) is 0 Å². The van der Waals surface area contributed by atoms with Gasteiger partial charge >= 0.3 is 5.97 Å². The number of aliphatic carboxylic acids is 1. The van der Waals surface area contributed by atoms with E-state index in [0.717, 1.165) is 5.69 Å². The van der Waals surface area contributed by atoms with Crippen molar-refractivity contribution in [3.8, 4) is 0 Å². The van der Waals surface area contributed by atoms with Gasteiger partial charge in [-0.1, -0.05) is 18.2 Å². The number of carboxylic acid groups (broad SMARTS) is 1. The minimum Gasteiger partial charge on any atom is -0.480 e. The number of carbonyl (C=O) groups is 1. The highest BCUT2D eigenvalue weighted by Gasteiger charge is 2.13. The molecule has 0 aliphatic rings. The van der Waals surface area contributed by atoms with Crippen LogP contribution in [0.3, 0.4) is 0 Å². The van der Waals surface area contributed by atoms with E-state index < -0.39 is 12.0 Å². The molecule has 0 heterocycles. The molecule has 0 aliphatic carbocycles. The molecular weight excluding hydrogens is 168 g/mol. The molecule has 0 aromatic heterocycles. The van der Waals surface area contributed by atoms with Gasteiger partial charge in [0.2, 0.25) is 0 Å². The van der Waals surface area contributed by atoms with Gasteiger partial charge in [-0.15, -0.1) is 0 Å². The Bertz CT molecular complexity index is 274. The predicted octanol–water partition coefficient (Wildman–Crippen LogP) is 0.510. The van der Waals surface area contributed by atoms with Gasteiger partial charge in [-0.2, -0.15) is 0 Å². The van der Waals surface area contributed by atoms with Crippen LogP contribution >= 0.6 is 0 Å². The van der Waals surface area contributed by atoms with Crippen LogP contribution in [0.2, 0.25) is 0 Å². The van der Waals surface area contributed by atoms with Gasteiger partial charge in [-0.05, 0) is 12.1 Å². The molecule has 0 saturated heterocycles. The second-order valence-corrected chi connectivity index (χ2v) is 2.64. The minimum absolute atomic E-state index is 0.0736. The largest absolute Gasteiger partial charge is 0.480 e. The Labute approximate surface area is 76.4 Å². The average molecular weight is 180 g/mol. The van der Waals surface area contributed by atoms with Crippen LogP contribution in [-0.4, -0.2) is 23.7 Å². The normalized spacial score (nSPS) is 12.1. The maximum atomic E-state index is 10.6. The number of benzene rings is 1. The maximum Gasteiger partial charge on any atom is 0.327 e. The van der Waals surface area contributed by atoms with Gasteiger partial charge in [-0.3, -0.25) is 0 Å². The third-order valence-corrected chi connectivity index (χ3v) is 1.65. The van der Waals surface area contributed by atoms with Crippen LogP contribution in [0.4, 0.5) is 5.69 Å². The van der Waals surface area contributed by atoms with Gasteiger partial charge in [0.25, 0.3) is 0 Å². The van der Waals surface area contributed by atoms with Gasteiger partial charge in [0.1, 0.15) is 6.04 Å². The average Bonchev–Trinajstić information content (AvgIpc) is 2.15. The third-order valence-electron chi connectivity index (χ3n) is 1.65. The summed E-state index contributed by atoms with van der Waals surface area (Å²) in [5, 5.41) is 11.5. The molecule has 0 aliphatic heterocycles. The van der Waals surface area contributed by atoms with E-state index >= 15 is 0 Å². The van der Waals surface area contributed by atoms with Gasteiger partial charge in [0.05, 0.1) is 0 Å². The lowest BCUT2D eigenvalue weighted by Gasteiger charge is -2.12. The molecule has 1 atom stereocenters. The number of anilines is 1.